The normalized spacial score (nSPS) is 16.0. The van der Waals surface area contributed by atoms with Crippen molar-refractivity contribution in [3.05, 3.63) is 0 Å². The summed E-state index contributed by atoms with van der Waals surface area (Å²) in [6.45, 7) is 8.60. The van der Waals surface area contributed by atoms with Gasteiger partial charge in [-0.3, -0.25) is 9.59 Å². The number of piperidine rings is 1. The van der Waals surface area contributed by atoms with E-state index >= 15 is 0 Å². The average molecular weight is 580 g/mol. The number of carbonyl (C=O) groups is 2. The molecule has 41 heavy (non-hydrogen) atoms. The van der Waals surface area contributed by atoms with E-state index in [4.69, 9.17) is 9.47 Å². The average Bonchev–Trinajstić information content (AvgIpc) is 2.97. The molecule has 1 rings (SSSR count). The molecule has 0 radical (unpaired) electrons. The van der Waals surface area contributed by atoms with Crippen LogP contribution in [0, 0.1) is 5.92 Å². The van der Waals surface area contributed by atoms with Crippen molar-refractivity contribution in [2.24, 2.45) is 5.92 Å². The number of carbonyl (C=O) groups excluding carboxylic acids is 2. The van der Waals surface area contributed by atoms with E-state index in [0.29, 0.717) is 6.42 Å². The van der Waals surface area contributed by atoms with Gasteiger partial charge in [0.25, 0.3) is 0 Å². The van der Waals surface area contributed by atoms with Crippen LogP contribution in [0.2, 0.25) is 0 Å². The summed E-state index contributed by atoms with van der Waals surface area (Å²) in [5, 5.41) is 0. The summed E-state index contributed by atoms with van der Waals surface area (Å²) in [4.78, 5) is 27.3. The number of unbranched alkanes of at least 4 members (excludes halogenated alkanes) is 15. The minimum absolute atomic E-state index is 0.00378. The van der Waals surface area contributed by atoms with Crippen LogP contribution in [0.1, 0.15) is 181 Å². The first-order chi connectivity index (χ1) is 20.0. The highest BCUT2D eigenvalue weighted by Gasteiger charge is 2.26. The summed E-state index contributed by atoms with van der Waals surface area (Å²) >= 11 is 0. The van der Waals surface area contributed by atoms with Gasteiger partial charge in [-0.25, -0.2) is 0 Å². The summed E-state index contributed by atoms with van der Waals surface area (Å²) in [6, 6.07) is 0. The summed E-state index contributed by atoms with van der Waals surface area (Å²) < 4.78 is 11.8. The van der Waals surface area contributed by atoms with Gasteiger partial charge >= 0.3 is 11.9 Å². The number of ether oxygens (including phenoxy) is 2. The van der Waals surface area contributed by atoms with Gasteiger partial charge in [-0.05, 0) is 84.3 Å². The largest absolute Gasteiger partial charge is 0.462 e. The molecule has 242 valence electrons. The Hall–Kier alpha value is -1.10. The van der Waals surface area contributed by atoms with Crippen molar-refractivity contribution >= 4 is 11.9 Å². The molecule has 1 aliphatic heterocycles. The van der Waals surface area contributed by atoms with E-state index in [1.54, 1.807) is 0 Å². The summed E-state index contributed by atoms with van der Waals surface area (Å²) in [5.41, 5.74) is 0. The van der Waals surface area contributed by atoms with Crippen LogP contribution >= 0.6 is 0 Å². The molecule has 0 spiro atoms. The van der Waals surface area contributed by atoms with Crippen molar-refractivity contribution in [3.63, 3.8) is 0 Å². The van der Waals surface area contributed by atoms with Crippen molar-refractivity contribution in [2.75, 3.05) is 20.1 Å². The van der Waals surface area contributed by atoms with Crippen LogP contribution < -0.4 is 0 Å². The third kappa shape index (κ3) is 21.3. The van der Waals surface area contributed by atoms with Gasteiger partial charge in [0.05, 0.1) is 5.92 Å². The van der Waals surface area contributed by atoms with Crippen LogP contribution in [0.15, 0.2) is 0 Å². The fraction of sp³-hybridized carbons (Fsp3) is 0.944. The topological polar surface area (TPSA) is 55.8 Å². The lowest BCUT2D eigenvalue weighted by Crippen LogP contribution is -2.35. The zero-order chi connectivity index (χ0) is 30.0. The highest BCUT2D eigenvalue weighted by atomic mass is 16.5. The molecule has 0 aromatic carbocycles. The maximum Gasteiger partial charge on any atom is 0.309 e. The second-order valence-corrected chi connectivity index (χ2v) is 12.9. The standard InChI is InChI=1S/C36H69NO4/c1-5-8-10-11-14-17-21-25-34(41-36(39)32-28-30-37(4)31-29-32)26-22-18-15-12-13-16-19-23-27-35(38)40-33(7-3)24-20-9-6-2/h32-34H,5-31H2,1-4H3. The number of hydrogen-bond acceptors (Lipinski definition) is 5. The van der Waals surface area contributed by atoms with Crippen molar-refractivity contribution in [1.29, 1.82) is 0 Å². The molecule has 1 fully saturated rings. The Morgan fingerprint density at radius 2 is 1.05 bits per heavy atom. The lowest BCUT2D eigenvalue weighted by Gasteiger charge is -2.29. The maximum atomic E-state index is 12.9. The predicted octanol–water partition coefficient (Wildman–Crippen LogP) is 10.2. The van der Waals surface area contributed by atoms with E-state index in [1.165, 1.54) is 89.9 Å². The molecule has 2 unspecified atom stereocenters. The number of esters is 2. The molecule has 0 aliphatic carbocycles. The minimum Gasteiger partial charge on any atom is -0.462 e. The Kier molecular flexibility index (Phi) is 24.5. The zero-order valence-electron chi connectivity index (χ0n) is 27.9. The van der Waals surface area contributed by atoms with E-state index in [0.717, 1.165) is 77.3 Å². The molecule has 5 nitrogen and oxygen atoms in total. The molecule has 0 bridgehead atoms. The van der Waals surface area contributed by atoms with Crippen molar-refractivity contribution in [2.45, 2.75) is 193 Å². The van der Waals surface area contributed by atoms with Crippen LogP contribution in [-0.2, 0) is 19.1 Å². The second-order valence-electron chi connectivity index (χ2n) is 12.9. The first-order valence-electron chi connectivity index (χ1n) is 18.1. The fourth-order valence-corrected chi connectivity index (χ4v) is 6.01. The third-order valence-electron chi connectivity index (χ3n) is 9.00. The van der Waals surface area contributed by atoms with E-state index in [9.17, 15) is 9.59 Å². The molecule has 5 heteroatoms. The number of hydrogen-bond donors (Lipinski definition) is 0. The van der Waals surface area contributed by atoms with Gasteiger partial charge in [0.15, 0.2) is 0 Å². The van der Waals surface area contributed by atoms with Crippen LogP contribution in [0.5, 0.6) is 0 Å². The lowest BCUT2D eigenvalue weighted by atomic mass is 9.97. The molecule has 1 heterocycles. The highest BCUT2D eigenvalue weighted by Crippen LogP contribution is 2.22. The van der Waals surface area contributed by atoms with Crippen molar-refractivity contribution in [3.8, 4) is 0 Å². The number of likely N-dealkylation sites (tertiary alicyclic amines) is 1. The molecule has 0 aromatic heterocycles. The molecule has 1 aliphatic rings. The minimum atomic E-state index is -0.00378. The molecule has 2 atom stereocenters. The van der Waals surface area contributed by atoms with Gasteiger partial charge in [-0.1, -0.05) is 111 Å². The number of nitrogens with zero attached hydrogens (tertiary/aromatic N) is 1. The van der Waals surface area contributed by atoms with Crippen LogP contribution in [0.3, 0.4) is 0 Å². The molecule has 0 N–H and O–H groups in total. The SMILES string of the molecule is CCCCCCCCCC(CCCCCCCCCCC(=O)OC(CC)CCCCC)OC(=O)C1CCN(C)CC1. The first-order valence-corrected chi connectivity index (χ1v) is 18.1. The monoisotopic (exact) mass is 580 g/mol. The van der Waals surface area contributed by atoms with Gasteiger partial charge < -0.3 is 14.4 Å². The molecule has 0 aromatic rings. The van der Waals surface area contributed by atoms with Crippen molar-refractivity contribution < 1.29 is 19.1 Å². The van der Waals surface area contributed by atoms with Gasteiger partial charge in [0.1, 0.15) is 12.2 Å². The number of rotatable bonds is 27. The van der Waals surface area contributed by atoms with E-state index in [2.05, 4.69) is 32.7 Å². The summed E-state index contributed by atoms with van der Waals surface area (Å²) in [6.07, 6.45) is 28.8. The molecular weight excluding hydrogens is 510 g/mol. The first kappa shape index (κ1) is 37.9. The Balaban J connectivity index is 2.17. The van der Waals surface area contributed by atoms with Gasteiger partial charge in [-0.2, -0.15) is 0 Å². The molecule has 1 saturated heterocycles. The molecular formula is C36H69NO4. The Morgan fingerprint density at radius 3 is 1.59 bits per heavy atom. The Labute approximate surface area is 255 Å². The Morgan fingerprint density at radius 1 is 0.610 bits per heavy atom. The third-order valence-corrected chi connectivity index (χ3v) is 9.00. The van der Waals surface area contributed by atoms with E-state index in [1.807, 2.05) is 0 Å². The van der Waals surface area contributed by atoms with Gasteiger partial charge in [-0.15, -0.1) is 0 Å². The Bertz CT molecular complexity index is 617. The maximum absolute atomic E-state index is 12.9. The van der Waals surface area contributed by atoms with E-state index < -0.39 is 0 Å². The van der Waals surface area contributed by atoms with E-state index in [-0.39, 0.29) is 30.1 Å². The quantitative estimate of drug-likeness (QED) is 0.0716. The molecule has 0 amide bonds. The fourth-order valence-electron chi connectivity index (χ4n) is 6.01. The highest BCUT2D eigenvalue weighted by molar-refractivity contribution is 5.72. The van der Waals surface area contributed by atoms with Crippen molar-refractivity contribution in [1.82, 2.24) is 4.90 Å². The van der Waals surface area contributed by atoms with Crippen LogP contribution in [0.4, 0.5) is 0 Å². The predicted molar refractivity (Wildman–Crippen MR) is 173 cm³/mol. The summed E-state index contributed by atoms with van der Waals surface area (Å²) in [5.74, 6) is 0.163. The summed E-state index contributed by atoms with van der Waals surface area (Å²) in [7, 11) is 2.14. The zero-order valence-corrected chi connectivity index (χ0v) is 27.9. The van der Waals surface area contributed by atoms with Gasteiger partial charge in [0, 0.05) is 6.42 Å². The smallest absolute Gasteiger partial charge is 0.309 e. The second kappa shape index (κ2) is 26.5. The lowest BCUT2D eigenvalue weighted by molar-refractivity contribution is -0.156. The van der Waals surface area contributed by atoms with Gasteiger partial charge in [0.2, 0.25) is 0 Å². The van der Waals surface area contributed by atoms with Crippen LogP contribution in [0.25, 0.3) is 0 Å². The van der Waals surface area contributed by atoms with Crippen LogP contribution in [-0.4, -0.2) is 49.2 Å². The molecule has 0 saturated carbocycles.